The molecule has 0 fully saturated rings. The van der Waals surface area contributed by atoms with Crippen molar-refractivity contribution in [3.05, 3.63) is 52.3 Å². The highest BCUT2D eigenvalue weighted by Gasteiger charge is 2.06. The second-order valence-electron chi connectivity index (χ2n) is 4.86. The van der Waals surface area contributed by atoms with E-state index in [1.807, 2.05) is 37.3 Å². The molecular formula is C15H18ClN3. The first-order chi connectivity index (χ1) is 9.06. The van der Waals surface area contributed by atoms with Gasteiger partial charge in [0.2, 0.25) is 5.95 Å². The summed E-state index contributed by atoms with van der Waals surface area (Å²) in [6.45, 7) is 6.86. The van der Waals surface area contributed by atoms with Crippen LogP contribution in [0.4, 0.5) is 5.95 Å². The highest BCUT2D eigenvalue weighted by molar-refractivity contribution is 6.31. The fraction of sp³-hybridized carbons (Fsp3) is 0.333. The first-order valence-electron chi connectivity index (χ1n) is 6.39. The number of hydrogen-bond donors (Lipinski definition) is 1. The molecule has 1 N–H and O–H groups in total. The Morgan fingerprint density at radius 1 is 1.21 bits per heavy atom. The van der Waals surface area contributed by atoms with Crippen LogP contribution in [0.1, 0.15) is 36.7 Å². The van der Waals surface area contributed by atoms with Crippen molar-refractivity contribution in [2.75, 3.05) is 5.32 Å². The highest BCUT2D eigenvalue weighted by atomic mass is 35.5. The quantitative estimate of drug-likeness (QED) is 0.910. The van der Waals surface area contributed by atoms with Crippen LogP contribution in [-0.2, 0) is 6.54 Å². The SMILES string of the molecule is Cc1cc(C(C)C)nc(NCc2ccccc2Cl)n1. The minimum absolute atomic E-state index is 0.391. The van der Waals surface area contributed by atoms with Crippen molar-refractivity contribution in [2.24, 2.45) is 0 Å². The van der Waals surface area contributed by atoms with Crippen molar-refractivity contribution in [3.63, 3.8) is 0 Å². The van der Waals surface area contributed by atoms with Gasteiger partial charge in [0.1, 0.15) is 0 Å². The summed E-state index contributed by atoms with van der Waals surface area (Å²) in [5.41, 5.74) is 3.06. The lowest BCUT2D eigenvalue weighted by molar-refractivity contribution is 0.808. The van der Waals surface area contributed by atoms with Gasteiger partial charge in [-0.05, 0) is 30.5 Å². The molecule has 0 spiro atoms. The Bertz CT molecular complexity index is 567. The zero-order valence-electron chi connectivity index (χ0n) is 11.4. The Morgan fingerprint density at radius 2 is 1.95 bits per heavy atom. The van der Waals surface area contributed by atoms with Crippen LogP contribution in [0.3, 0.4) is 0 Å². The summed E-state index contributed by atoms with van der Waals surface area (Å²) in [5.74, 6) is 1.05. The lowest BCUT2D eigenvalue weighted by atomic mass is 10.1. The minimum atomic E-state index is 0.391. The lowest BCUT2D eigenvalue weighted by Crippen LogP contribution is -2.07. The average molecular weight is 276 g/mol. The molecule has 0 amide bonds. The number of benzene rings is 1. The summed E-state index contributed by atoms with van der Waals surface area (Å²) in [5, 5.41) is 3.99. The van der Waals surface area contributed by atoms with E-state index in [2.05, 4.69) is 29.1 Å². The van der Waals surface area contributed by atoms with Gasteiger partial charge in [-0.2, -0.15) is 0 Å². The van der Waals surface area contributed by atoms with E-state index in [4.69, 9.17) is 11.6 Å². The van der Waals surface area contributed by atoms with Gasteiger partial charge in [0, 0.05) is 23.0 Å². The molecule has 0 aliphatic carbocycles. The van der Waals surface area contributed by atoms with Crippen LogP contribution in [-0.4, -0.2) is 9.97 Å². The number of aryl methyl sites for hydroxylation is 1. The van der Waals surface area contributed by atoms with E-state index in [0.717, 1.165) is 22.0 Å². The minimum Gasteiger partial charge on any atom is -0.350 e. The zero-order chi connectivity index (χ0) is 13.8. The molecule has 2 aromatic rings. The van der Waals surface area contributed by atoms with E-state index in [1.54, 1.807) is 0 Å². The van der Waals surface area contributed by atoms with Crippen molar-refractivity contribution in [3.8, 4) is 0 Å². The standard InChI is InChI=1S/C15H18ClN3/c1-10(2)14-8-11(3)18-15(19-14)17-9-12-6-4-5-7-13(12)16/h4-8,10H,9H2,1-3H3,(H,17,18,19). The van der Waals surface area contributed by atoms with Crippen LogP contribution in [0, 0.1) is 6.92 Å². The second-order valence-corrected chi connectivity index (χ2v) is 5.26. The third kappa shape index (κ3) is 3.67. The molecule has 3 nitrogen and oxygen atoms in total. The summed E-state index contributed by atoms with van der Waals surface area (Å²) >= 11 is 6.12. The number of rotatable bonds is 4. The molecule has 1 heterocycles. The van der Waals surface area contributed by atoms with Gasteiger partial charge in [-0.1, -0.05) is 43.6 Å². The third-order valence-corrected chi connectivity index (χ3v) is 3.23. The maximum atomic E-state index is 6.12. The largest absolute Gasteiger partial charge is 0.350 e. The van der Waals surface area contributed by atoms with Crippen molar-refractivity contribution >= 4 is 17.5 Å². The molecule has 4 heteroatoms. The van der Waals surface area contributed by atoms with Crippen LogP contribution in [0.15, 0.2) is 30.3 Å². The van der Waals surface area contributed by atoms with Gasteiger partial charge in [-0.3, -0.25) is 0 Å². The monoisotopic (exact) mass is 275 g/mol. The van der Waals surface area contributed by atoms with Crippen LogP contribution in [0.2, 0.25) is 5.02 Å². The molecule has 0 aliphatic heterocycles. The number of anilines is 1. The van der Waals surface area contributed by atoms with Gasteiger partial charge < -0.3 is 5.32 Å². The van der Waals surface area contributed by atoms with E-state index in [1.165, 1.54) is 0 Å². The fourth-order valence-corrected chi connectivity index (χ4v) is 1.99. The molecule has 0 atom stereocenters. The molecule has 2 rings (SSSR count). The van der Waals surface area contributed by atoms with Crippen molar-refractivity contribution in [1.82, 2.24) is 9.97 Å². The van der Waals surface area contributed by atoms with E-state index in [-0.39, 0.29) is 0 Å². The number of aromatic nitrogens is 2. The summed E-state index contributed by atoms with van der Waals surface area (Å²) in [6.07, 6.45) is 0. The topological polar surface area (TPSA) is 37.8 Å². The van der Waals surface area contributed by atoms with Crippen molar-refractivity contribution in [1.29, 1.82) is 0 Å². The van der Waals surface area contributed by atoms with Crippen molar-refractivity contribution in [2.45, 2.75) is 33.2 Å². The zero-order valence-corrected chi connectivity index (χ0v) is 12.2. The number of nitrogens with one attached hydrogen (secondary N) is 1. The molecule has 1 aromatic heterocycles. The lowest BCUT2D eigenvalue weighted by Gasteiger charge is -2.10. The molecular weight excluding hydrogens is 258 g/mol. The van der Waals surface area contributed by atoms with E-state index in [9.17, 15) is 0 Å². The molecule has 0 unspecified atom stereocenters. The van der Waals surface area contributed by atoms with Crippen LogP contribution < -0.4 is 5.32 Å². The van der Waals surface area contributed by atoms with Crippen LogP contribution in [0.25, 0.3) is 0 Å². The van der Waals surface area contributed by atoms with Gasteiger partial charge >= 0.3 is 0 Å². The Morgan fingerprint density at radius 3 is 2.63 bits per heavy atom. The summed E-state index contributed by atoms with van der Waals surface area (Å²) in [4.78, 5) is 8.91. The number of halogens is 1. The van der Waals surface area contributed by atoms with Crippen LogP contribution >= 0.6 is 11.6 Å². The summed E-state index contributed by atoms with van der Waals surface area (Å²) in [6, 6.07) is 9.79. The first-order valence-corrected chi connectivity index (χ1v) is 6.77. The van der Waals surface area contributed by atoms with Gasteiger partial charge in [0.05, 0.1) is 0 Å². The normalized spacial score (nSPS) is 10.8. The van der Waals surface area contributed by atoms with E-state index >= 15 is 0 Å². The number of nitrogens with zero attached hydrogens (tertiary/aromatic N) is 2. The molecule has 0 aliphatic rings. The molecule has 0 saturated heterocycles. The molecule has 19 heavy (non-hydrogen) atoms. The van der Waals surface area contributed by atoms with E-state index < -0.39 is 0 Å². The maximum Gasteiger partial charge on any atom is 0.223 e. The second kappa shape index (κ2) is 6.02. The third-order valence-electron chi connectivity index (χ3n) is 2.86. The van der Waals surface area contributed by atoms with Gasteiger partial charge in [0.15, 0.2) is 0 Å². The Hall–Kier alpha value is -1.61. The fourth-order valence-electron chi connectivity index (χ4n) is 1.78. The highest BCUT2D eigenvalue weighted by Crippen LogP contribution is 2.17. The number of hydrogen-bond acceptors (Lipinski definition) is 3. The Balaban J connectivity index is 2.14. The maximum absolute atomic E-state index is 6.12. The Labute approximate surface area is 119 Å². The summed E-state index contributed by atoms with van der Waals surface area (Å²) < 4.78 is 0. The molecule has 1 aromatic carbocycles. The first kappa shape index (κ1) is 13.8. The molecule has 0 radical (unpaired) electrons. The van der Waals surface area contributed by atoms with Gasteiger partial charge in [0.25, 0.3) is 0 Å². The molecule has 0 saturated carbocycles. The predicted molar refractivity (Wildman–Crippen MR) is 79.6 cm³/mol. The van der Waals surface area contributed by atoms with Gasteiger partial charge in [-0.15, -0.1) is 0 Å². The smallest absolute Gasteiger partial charge is 0.223 e. The average Bonchev–Trinajstić information content (AvgIpc) is 2.37. The summed E-state index contributed by atoms with van der Waals surface area (Å²) in [7, 11) is 0. The van der Waals surface area contributed by atoms with Gasteiger partial charge in [-0.25, -0.2) is 9.97 Å². The Kier molecular flexibility index (Phi) is 4.38. The molecule has 0 bridgehead atoms. The van der Waals surface area contributed by atoms with E-state index in [0.29, 0.717) is 18.4 Å². The molecule has 100 valence electrons. The van der Waals surface area contributed by atoms with Crippen molar-refractivity contribution < 1.29 is 0 Å². The van der Waals surface area contributed by atoms with Crippen LogP contribution in [0.5, 0.6) is 0 Å². The predicted octanol–water partition coefficient (Wildman–Crippen LogP) is 4.17.